The predicted octanol–water partition coefficient (Wildman–Crippen LogP) is 1.60. The van der Waals surface area contributed by atoms with Gasteiger partial charge in [-0.3, -0.25) is 4.79 Å². The third-order valence-electron chi connectivity index (χ3n) is 2.46. The Morgan fingerprint density at radius 2 is 2.17 bits per heavy atom. The van der Waals surface area contributed by atoms with Gasteiger partial charge >= 0.3 is 5.97 Å². The second kappa shape index (κ2) is 6.26. The molecule has 0 saturated heterocycles. The van der Waals surface area contributed by atoms with Crippen LogP contribution in [-0.4, -0.2) is 25.0 Å². The van der Waals surface area contributed by atoms with Gasteiger partial charge in [-0.05, 0) is 24.6 Å². The molecule has 18 heavy (non-hydrogen) atoms. The molecule has 6 heteroatoms. The fourth-order valence-electron chi connectivity index (χ4n) is 1.40. The summed E-state index contributed by atoms with van der Waals surface area (Å²) in [5.41, 5.74) is 6.27. The normalized spacial score (nSPS) is 11.7. The molecule has 98 valence electrons. The average molecular weight is 271 g/mol. The number of methoxy groups -OCH3 is 1. The Kier molecular flexibility index (Phi) is 4.97. The van der Waals surface area contributed by atoms with Crippen molar-refractivity contribution in [3.63, 3.8) is 0 Å². The first-order chi connectivity index (χ1) is 8.49. The summed E-state index contributed by atoms with van der Waals surface area (Å²) in [7, 11) is 1.28. The van der Waals surface area contributed by atoms with E-state index in [0.717, 1.165) is 0 Å². The molecule has 0 fully saturated rings. The molecule has 1 aromatic rings. The van der Waals surface area contributed by atoms with Crippen LogP contribution < -0.4 is 11.1 Å². The van der Waals surface area contributed by atoms with E-state index in [1.165, 1.54) is 25.3 Å². The van der Waals surface area contributed by atoms with Crippen LogP contribution in [0.1, 0.15) is 23.7 Å². The zero-order valence-electron chi connectivity index (χ0n) is 10.2. The number of hydrogen-bond acceptors (Lipinski definition) is 4. The highest BCUT2D eigenvalue weighted by atomic mass is 35.5. The maximum Gasteiger partial charge on any atom is 0.328 e. The number of rotatable bonds is 4. The number of nitrogen functional groups attached to an aromatic ring is 1. The molecule has 0 bridgehead atoms. The second-order valence-electron chi connectivity index (χ2n) is 3.69. The highest BCUT2D eigenvalue weighted by molar-refractivity contribution is 6.33. The van der Waals surface area contributed by atoms with Crippen molar-refractivity contribution in [2.75, 3.05) is 12.8 Å². The Balaban J connectivity index is 2.81. The lowest BCUT2D eigenvalue weighted by Gasteiger charge is -2.14. The first kappa shape index (κ1) is 14.3. The lowest BCUT2D eigenvalue weighted by molar-refractivity contribution is -0.142. The van der Waals surface area contributed by atoms with Crippen molar-refractivity contribution in [3.8, 4) is 0 Å². The fourth-order valence-corrected chi connectivity index (χ4v) is 1.51. The maximum absolute atomic E-state index is 11.9. The van der Waals surface area contributed by atoms with Crippen LogP contribution in [0, 0.1) is 0 Å². The Hall–Kier alpha value is -1.75. The molecule has 1 rings (SSSR count). The molecule has 5 nitrogen and oxygen atoms in total. The zero-order valence-corrected chi connectivity index (χ0v) is 11.0. The van der Waals surface area contributed by atoms with E-state index >= 15 is 0 Å². The van der Waals surface area contributed by atoms with Gasteiger partial charge in [0.05, 0.1) is 17.8 Å². The van der Waals surface area contributed by atoms with Crippen LogP contribution in [0.3, 0.4) is 0 Å². The second-order valence-corrected chi connectivity index (χ2v) is 4.10. The lowest BCUT2D eigenvalue weighted by atomic mass is 10.1. The van der Waals surface area contributed by atoms with Crippen molar-refractivity contribution in [2.24, 2.45) is 0 Å². The van der Waals surface area contributed by atoms with Crippen LogP contribution in [0.5, 0.6) is 0 Å². The van der Waals surface area contributed by atoms with Gasteiger partial charge in [0, 0.05) is 5.56 Å². The Labute approximate surface area is 110 Å². The van der Waals surface area contributed by atoms with E-state index < -0.39 is 17.9 Å². The monoisotopic (exact) mass is 270 g/mol. The zero-order chi connectivity index (χ0) is 13.7. The summed E-state index contributed by atoms with van der Waals surface area (Å²) in [6.45, 7) is 1.78. The van der Waals surface area contributed by atoms with Crippen LogP contribution in [0.2, 0.25) is 5.02 Å². The predicted molar refractivity (Wildman–Crippen MR) is 69.4 cm³/mol. The highest BCUT2D eigenvalue weighted by Gasteiger charge is 2.20. The van der Waals surface area contributed by atoms with Gasteiger partial charge in [0.2, 0.25) is 0 Å². The van der Waals surface area contributed by atoms with Gasteiger partial charge in [0.25, 0.3) is 5.91 Å². The summed E-state index contributed by atoms with van der Waals surface area (Å²) in [5, 5.41) is 2.95. The Morgan fingerprint density at radius 3 is 2.67 bits per heavy atom. The first-order valence-electron chi connectivity index (χ1n) is 5.43. The van der Waals surface area contributed by atoms with Crippen LogP contribution in [-0.2, 0) is 9.53 Å². The van der Waals surface area contributed by atoms with Gasteiger partial charge in [0.1, 0.15) is 6.04 Å². The topological polar surface area (TPSA) is 81.4 Å². The molecule has 0 aliphatic heterocycles. The van der Waals surface area contributed by atoms with Gasteiger partial charge in [-0.25, -0.2) is 4.79 Å². The summed E-state index contributed by atoms with van der Waals surface area (Å²) in [4.78, 5) is 23.2. The summed E-state index contributed by atoms with van der Waals surface area (Å²) in [6.07, 6.45) is 0.446. The number of carbonyl (C=O) groups is 2. The number of anilines is 1. The van der Waals surface area contributed by atoms with E-state index in [0.29, 0.717) is 22.7 Å². The third-order valence-corrected chi connectivity index (χ3v) is 2.80. The van der Waals surface area contributed by atoms with E-state index in [4.69, 9.17) is 17.3 Å². The van der Waals surface area contributed by atoms with E-state index in [1.54, 1.807) is 6.92 Å². The number of benzene rings is 1. The van der Waals surface area contributed by atoms with E-state index in [9.17, 15) is 9.59 Å². The minimum absolute atomic E-state index is 0.315. The SMILES string of the molecule is CCC(NC(=O)c1ccc(Cl)c(N)c1)C(=O)OC. The molecule has 1 amide bonds. The van der Waals surface area contributed by atoms with Crippen molar-refractivity contribution in [3.05, 3.63) is 28.8 Å². The number of carbonyl (C=O) groups excluding carboxylic acids is 2. The van der Waals surface area contributed by atoms with Crippen molar-refractivity contribution in [1.82, 2.24) is 5.32 Å². The van der Waals surface area contributed by atoms with Gasteiger partial charge < -0.3 is 15.8 Å². The lowest BCUT2D eigenvalue weighted by Crippen LogP contribution is -2.41. The molecule has 0 radical (unpaired) electrons. The van der Waals surface area contributed by atoms with Gasteiger partial charge in [0.15, 0.2) is 0 Å². The number of nitrogens with one attached hydrogen (secondary N) is 1. The number of amides is 1. The number of esters is 1. The molecule has 3 N–H and O–H groups in total. The summed E-state index contributed by atoms with van der Waals surface area (Å²) in [5.74, 6) is -0.872. The van der Waals surface area contributed by atoms with Crippen molar-refractivity contribution < 1.29 is 14.3 Å². The minimum atomic E-state index is -0.667. The number of nitrogens with two attached hydrogens (primary N) is 1. The number of ether oxygens (including phenoxy) is 1. The van der Waals surface area contributed by atoms with Crippen LogP contribution in [0.15, 0.2) is 18.2 Å². The average Bonchev–Trinajstić information content (AvgIpc) is 2.37. The first-order valence-corrected chi connectivity index (χ1v) is 5.81. The van der Waals surface area contributed by atoms with Gasteiger partial charge in [-0.15, -0.1) is 0 Å². The minimum Gasteiger partial charge on any atom is -0.467 e. The van der Waals surface area contributed by atoms with Gasteiger partial charge in [-0.1, -0.05) is 18.5 Å². The molecule has 1 atom stereocenters. The van der Waals surface area contributed by atoms with Crippen molar-refractivity contribution in [2.45, 2.75) is 19.4 Å². The summed E-state index contributed by atoms with van der Waals surface area (Å²) in [6, 6.07) is 3.87. The van der Waals surface area contributed by atoms with Crippen LogP contribution >= 0.6 is 11.6 Å². The molecule has 0 heterocycles. The third kappa shape index (κ3) is 3.37. The van der Waals surface area contributed by atoms with Crippen LogP contribution in [0.4, 0.5) is 5.69 Å². The molecular formula is C12H15ClN2O3. The van der Waals surface area contributed by atoms with Crippen molar-refractivity contribution in [1.29, 1.82) is 0 Å². The molecule has 0 saturated carbocycles. The molecule has 0 aliphatic rings. The largest absolute Gasteiger partial charge is 0.467 e. The summed E-state index contributed by atoms with van der Waals surface area (Å²) < 4.78 is 4.58. The van der Waals surface area contributed by atoms with E-state index in [-0.39, 0.29) is 0 Å². The quantitative estimate of drug-likeness (QED) is 0.643. The molecule has 0 aromatic heterocycles. The Bertz CT molecular complexity index is 463. The van der Waals surface area contributed by atoms with Gasteiger partial charge in [-0.2, -0.15) is 0 Å². The molecular weight excluding hydrogens is 256 g/mol. The molecule has 0 spiro atoms. The van der Waals surface area contributed by atoms with E-state index in [2.05, 4.69) is 10.1 Å². The maximum atomic E-state index is 11.9. The molecule has 1 unspecified atom stereocenters. The molecule has 1 aromatic carbocycles. The van der Waals surface area contributed by atoms with E-state index in [1.807, 2.05) is 0 Å². The summed E-state index contributed by atoms with van der Waals surface area (Å²) >= 11 is 5.76. The highest BCUT2D eigenvalue weighted by Crippen LogP contribution is 2.19. The smallest absolute Gasteiger partial charge is 0.328 e. The van der Waals surface area contributed by atoms with Crippen LogP contribution in [0.25, 0.3) is 0 Å². The number of halogens is 1. The molecule has 0 aliphatic carbocycles. The fraction of sp³-hybridized carbons (Fsp3) is 0.333. The standard InChI is InChI=1S/C12H15ClN2O3/c1-3-10(12(17)18-2)15-11(16)7-4-5-8(13)9(14)6-7/h4-6,10H,3,14H2,1-2H3,(H,15,16). The Morgan fingerprint density at radius 1 is 1.50 bits per heavy atom. The number of hydrogen-bond donors (Lipinski definition) is 2. The van der Waals surface area contributed by atoms with Crippen molar-refractivity contribution >= 4 is 29.2 Å².